The van der Waals surface area contributed by atoms with Crippen molar-refractivity contribution in [2.45, 2.75) is 0 Å². The number of methoxy groups -OCH3 is 2. The van der Waals surface area contributed by atoms with Crippen LogP contribution in [0, 0.1) is 0 Å². The van der Waals surface area contributed by atoms with Gasteiger partial charge in [0.2, 0.25) is 0 Å². The topological polar surface area (TPSA) is 68.4 Å². The average Bonchev–Trinajstić information content (AvgIpc) is 3.08. The van der Waals surface area contributed by atoms with E-state index in [4.69, 9.17) is 9.47 Å². The molecule has 0 aliphatic heterocycles. The zero-order chi connectivity index (χ0) is 19.6. The predicted molar refractivity (Wildman–Crippen MR) is 110 cm³/mol. The van der Waals surface area contributed by atoms with Crippen molar-refractivity contribution in [2.24, 2.45) is 0 Å². The molecule has 5 nitrogen and oxygen atoms in total. The van der Waals surface area contributed by atoms with Crippen LogP contribution in [0.3, 0.4) is 0 Å². The number of hydrogen-bond acceptors (Lipinski definition) is 4. The lowest BCUT2D eigenvalue weighted by Crippen LogP contribution is -2.06. The van der Waals surface area contributed by atoms with Crippen molar-refractivity contribution in [1.29, 1.82) is 0 Å². The van der Waals surface area contributed by atoms with Gasteiger partial charge in [-0.15, -0.1) is 0 Å². The van der Waals surface area contributed by atoms with Crippen molar-refractivity contribution in [3.63, 3.8) is 0 Å². The lowest BCUT2D eigenvalue weighted by molar-refractivity contribution is 0.0591. The Morgan fingerprint density at radius 1 is 0.704 bits per heavy atom. The number of rotatable bonds is 4. The minimum Gasteiger partial charge on any atom is -0.464 e. The maximum absolute atomic E-state index is 12.4. The molecule has 7 heteroatoms. The molecule has 0 aliphatic carbocycles. The van der Waals surface area contributed by atoms with Gasteiger partial charge in [-0.05, 0) is 35.4 Å². The molecule has 3 rings (SSSR count). The molecule has 0 aliphatic rings. The molecule has 1 heterocycles. The third kappa shape index (κ3) is 3.84. The van der Waals surface area contributed by atoms with Gasteiger partial charge in [0.25, 0.3) is 0 Å². The zero-order valence-electron chi connectivity index (χ0n) is 14.5. The number of ether oxygens (including phenoxy) is 2. The Kier molecular flexibility index (Phi) is 5.82. The smallest absolute Gasteiger partial charge is 0.355 e. The SMILES string of the molecule is COC(=O)c1[nH]c(C(=O)OC)c(-c2ccc(Br)cc2)c1-c1ccc(Br)cc1. The van der Waals surface area contributed by atoms with E-state index >= 15 is 0 Å². The van der Waals surface area contributed by atoms with Crippen molar-refractivity contribution < 1.29 is 19.1 Å². The molecule has 1 aromatic heterocycles. The summed E-state index contributed by atoms with van der Waals surface area (Å²) in [5.74, 6) is -1.14. The molecule has 1 N–H and O–H groups in total. The van der Waals surface area contributed by atoms with E-state index in [1.165, 1.54) is 14.2 Å². The van der Waals surface area contributed by atoms with Crippen LogP contribution in [0.1, 0.15) is 21.0 Å². The molecule has 2 aromatic carbocycles. The molecule has 0 atom stereocenters. The molecule has 0 saturated heterocycles. The van der Waals surface area contributed by atoms with Gasteiger partial charge in [0.15, 0.2) is 0 Å². The molecule has 3 aromatic rings. The van der Waals surface area contributed by atoms with Crippen molar-refractivity contribution in [3.8, 4) is 22.3 Å². The fraction of sp³-hybridized carbons (Fsp3) is 0.100. The van der Waals surface area contributed by atoms with Crippen LogP contribution in [0.25, 0.3) is 22.3 Å². The molecule has 0 bridgehead atoms. The second-order valence-electron chi connectivity index (χ2n) is 5.62. The molecule has 138 valence electrons. The molecule has 0 unspecified atom stereocenters. The number of H-pyrrole nitrogens is 1. The lowest BCUT2D eigenvalue weighted by atomic mass is 9.94. The van der Waals surface area contributed by atoms with Crippen LogP contribution in [-0.4, -0.2) is 31.1 Å². The number of aromatic amines is 1. The second-order valence-corrected chi connectivity index (χ2v) is 7.45. The van der Waals surface area contributed by atoms with Crippen LogP contribution in [0.5, 0.6) is 0 Å². The lowest BCUT2D eigenvalue weighted by Gasteiger charge is -2.09. The van der Waals surface area contributed by atoms with Crippen molar-refractivity contribution in [2.75, 3.05) is 14.2 Å². The fourth-order valence-corrected chi connectivity index (χ4v) is 3.35. The van der Waals surface area contributed by atoms with Gasteiger partial charge in [-0.25, -0.2) is 9.59 Å². The highest BCUT2D eigenvalue weighted by Crippen LogP contribution is 2.39. The molecule has 0 spiro atoms. The third-order valence-corrected chi connectivity index (χ3v) is 5.10. The molecule has 0 saturated carbocycles. The molecule has 0 radical (unpaired) electrons. The van der Waals surface area contributed by atoms with E-state index in [2.05, 4.69) is 36.8 Å². The minimum absolute atomic E-state index is 0.193. The summed E-state index contributed by atoms with van der Waals surface area (Å²) >= 11 is 6.82. The zero-order valence-corrected chi connectivity index (χ0v) is 17.7. The number of esters is 2. The van der Waals surface area contributed by atoms with Crippen molar-refractivity contribution in [1.82, 2.24) is 4.98 Å². The summed E-state index contributed by atoms with van der Waals surface area (Å²) in [7, 11) is 2.59. The van der Waals surface area contributed by atoms with Gasteiger partial charge in [-0.1, -0.05) is 56.1 Å². The Hall–Kier alpha value is -2.38. The molecule has 0 amide bonds. The first kappa shape index (κ1) is 19.4. The predicted octanol–water partition coefficient (Wildman–Crippen LogP) is 5.45. The van der Waals surface area contributed by atoms with Gasteiger partial charge in [0.1, 0.15) is 11.4 Å². The van der Waals surface area contributed by atoms with E-state index in [0.29, 0.717) is 11.1 Å². The Morgan fingerprint density at radius 3 is 1.33 bits per heavy atom. The second kappa shape index (κ2) is 8.10. The number of hydrogen-bond donors (Lipinski definition) is 1. The minimum atomic E-state index is -0.568. The van der Waals surface area contributed by atoms with Gasteiger partial charge in [0.05, 0.1) is 14.2 Å². The average molecular weight is 493 g/mol. The maximum atomic E-state index is 12.4. The van der Waals surface area contributed by atoms with Crippen LogP contribution in [0.2, 0.25) is 0 Å². The summed E-state index contributed by atoms with van der Waals surface area (Å²) in [5, 5.41) is 0. The van der Waals surface area contributed by atoms with Crippen LogP contribution < -0.4 is 0 Å². The first-order valence-corrected chi connectivity index (χ1v) is 9.49. The standard InChI is InChI=1S/C20H15Br2NO4/c1-26-19(24)17-15(11-3-7-13(21)8-4-11)16(18(23-17)20(25)27-2)12-5-9-14(22)10-6-12/h3-10,23H,1-2H3. The summed E-state index contributed by atoms with van der Waals surface area (Å²) in [6.07, 6.45) is 0. The highest BCUT2D eigenvalue weighted by Gasteiger charge is 2.28. The van der Waals surface area contributed by atoms with Crippen LogP contribution in [0.15, 0.2) is 57.5 Å². The van der Waals surface area contributed by atoms with E-state index in [-0.39, 0.29) is 11.4 Å². The number of carbonyl (C=O) groups excluding carboxylic acids is 2. The Bertz CT molecular complexity index is 912. The Morgan fingerprint density at radius 2 is 1.04 bits per heavy atom. The van der Waals surface area contributed by atoms with E-state index in [1.807, 2.05) is 48.5 Å². The van der Waals surface area contributed by atoms with Crippen LogP contribution in [0.4, 0.5) is 0 Å². The molecule has 27 heavy (non-hydrogen) atoms. The molecule has 0 fully saturated rings. The van der Waals surface area contributed by atoms with Gasteiger partial charge < -0.3 is 14.5 Å². The van der Waals surface area contributed by atoms with Crippen LogP contribution in [-0.2, 0) is 9.47 Å². The first-order valence-electron chi connectivity index (χ1n) is 7.90. The Balaban J connectivity index is 2.37. The van der Waals surface area contributed by atoms with E-state index in [1.54, 1.807) is 0 Å². The highest BCUT2D eigenvalue weighted by atomic mass is 79.9. The summed E-state index contributed by atoms with van der Waals surface area (Å²) < 4.78 is 11.6. The number of nitrogens with one attached hydrogen (secondary N) is 1. The largest absolute Gasteiger partial charge is 0.464 e. The normalized spacial score (nSPS) is 10.5. The summed E-state index contributed by atoms with van der Waals surface area (Å²) in [5.41, 5.74) is 3.08. The van der Waals surface area contributed by atoms with Gasteiger partial charge >= 0.3 is 11.9 Å². The van der Waals surface area contributed by atoms with Gasteiger partial charge in [0, 0.05) is 20.1 Å². The number of aromatic nitrogens is 1. The van der Waals surface area contributed by atoms with Gasteiger partial charge in [-0.2, -0.15) is 0 Å². The monoisotopic (exact) mass is 491 g/mol. The number of carbonyl (C=O) groups is 2. The summed E-state index contributed by atoms with van der Waals surface area (Å²) in [6, 6.07) is 14.9. The van der Waals surface area contributed by atoms with Crippen LogP contribution >= 0.6 is 31.9 Å². The maximum Gasteiger partial charge on any atom is 0.355 e. The first-order chi connectivity index (χ1) is 13.0. The highest BCUT2D eigenvalue weighted by molar-refractivity contribution is 9.10. The van der Waals surface area contributed by atoms with Crippen molar-refractivity contribution >= 4 is 43.8 Å². The van der Waals surface area contributed by atoms with E-state index < -0.39 is 11.9 Å². The summed E-state index contributed by atoms with van der Waals surface area (Å²) in [4.78, 5) is 27.7. The quantitative estimate of drug-likeness (QED) is 0.492. The van der Waals surface area contributed by atoms with Gasteiger partial charge in [-0.3, -0.25) is 0 Å². The van der Waals surface area contributed by atoms with Crippen molar-refractivity contribution in [3.05, 3.63) is 68.9 Å². The van der Waals surface area contributed by atoms with E-state index in [9.17, 15) is 9.59 Å². The Labute approximate surface area is 172 Å². The molecular formula is C20H15Br2NO4. The third-order valence-electron chi connectivity index (χ3n) is 4.04. The van der Waals surface area contributed by atoms with E-state index in [0.717, 1.165) is 20.1 Å². The summed E-state index contributed by atoms with van der Waals surface area (Å²) in [6.45, 7) is 0. The fourth-order valence-electron chi connectivity index (χ4n) is 2.82. The number of benzene rings is 2. The molecular weight excluding hydrogens is 478 g/mol. The number of halogens is 2.